The second-order valence-electron chi connectivity index (χ2n) is 3.92. The van der Waals surface area contributed by atoms with Gasteiger partial charge in [-0.25, -0.2) is 17.5 Å². The molecule has 1 saturated carbocycles. The van der Waals surface area contributed by atoms with Gasteiger partial charge in [-0.1, -0.05) is 0 Å². The minimum Gasteiger partial charge on any atom is -0.491 e. The number of ether oxygens (including phenoxy) is 1. The largest absolute Gasteiger partial charge is 0.491 e. The van der Waals surface area contributed by atoms with Crippen LogP contribution < -0.4 is 9.46 Å². The molecule has 1 N–H and O–H groups in total. The molecule has 94 valence electrons. The van der Waals surface area contributed by atoms with Crippen LogP contribution in [-0.2, 0) is 10.0 Å². The average Bonchev–Trinajstić information content (AvgIpc) is 3.04. The summed E-state index contributed by atoms with van der Waals surface area (Å²) in [6.07, 6.45) is 1.69. The van der Waals surface area contributed by atoms with Crippen LogP contribution >= 0.6 is 0 Å². The topological polar surface area (TPSA) is 55.4 Å². The van der Waals surface area contributed by atoms with Gasteiger partial charge in [-0.3, -0.25) is 0 Å². The predicted octanol–water partition coefficient (Wildman–Crippen LogP) is 1.67. The van der Waals surface area contributed by atoms with Crippen LogP contribution in [0.2, 0.25) is 0 Å². The maximum absolute atomic E-state index is 13.5. The highest BCUT2D eigenvalue weighted by molar-refractivity contribution is 7.89. The van der Waals surface area contributed by atoms with Gasteiger partial charge < -0.3 is 4.74 Å². The Labute approximate surface area is 99.8 Å². The van der Waals surface area contributed by atoms with Crippen LogP contribution in [0, 0.1) is 5.82 Å². The van der Waals surface area contributed by atoms with Gasteiger partial charge in [0.2, 0.25) is 10.0 Å². The van der Waals surface area contributed by atoms with Crippen LogP contribution in [0.25, 0.3) is 0 Å². The molecule has 1 aromatic rings. The molecule has 0 unspecified atom stereocenters. The van der Waals surface area contributed by atoms with Crippen LogP contribution in [0.4, 0.5) is 4.39 Å². The molecule has 0 amide bonds. The van der Waals surface area contributed by atoms with Crippen molar-refractivity contribution in [2.45, 2.75) is 30.7 Å². The van der Waals surface area contributed by atoms with E-state index in [-0.39, 0.29) is 16.7 Å². The average molecular weight is 259 g/mol. The third-order valence-corrected chi connectivity index (χ3v) is 3.93. The minimum atomic E-state index is -3.60. The van der Waals surface area contributed by atoms with E-state index < -0.39 is 15.8 Å². The Balaban J connectivity index is 2.23. The number of halogens is 1. The summed E-state index contributed by atoms with van der Waals surface area (Å²) in [4.78, 5) is -0.0645. The molecule has 6 heteroatoms. The Kier molecular flexibility index (Phi) is 3.35. The Morgan fingerprint density at radius 2 is 2.18 bits per heavy atom. The molecule has 0 aromatic heterocycles. The van der Waals surface area contributed by atoms with Crippen LogP contribution in [0.5, 0.6) is 5.75 Å². The Morgan fingerprint density at radius 3 is 2.71 bits per heavy atom. The molecule has 1 aromatic carbocycles. The fourth-order valence-electron chi connectivity index (χ4n) is 1.41. The molecule has 0 spiro atoms. The Bertz CT molecular complexity index is 511. The van der Waals surface area contributed by atoms with Crippen molar-refractivity contribution in [1.29, 1.82) is 0 Å². The molecule has 1 aliphatic rings. The van der Waals surface area contributed by atoms with E-state index in [0.29, 0.717) is 6.61 Å². The van der Waals surface area contributed by atoms with Crippen molar-refractivity contribution < 1.29 is 17.5 Å². The number of benzene rings is 1. The molecule has 0 radical (unpaired) electrons. The zero-order valence-corrected chi connectivity index (χ0v) is 10.3. The van der Waals surface area contributed by atoms with Gasteiger partial charge in [0, 0.05) is 6.04 Å². The highest BCUT2D eigenvalue weighted by Gasteiger charge is 2.28. The molecular formula is C11H14FNO3S. The van der Waals surface area contributed by atoms with Gasteiger partial charge in [0.05, 0.1) is 11.5 Å². The van der Waals surface area contributed by atoms with E-state index in [1.165, 1.54) is 12.1 Å². The van der Waals surface area contributed by atoms with Crippen LogP contribution in [0.1, 0.15) is 19.8 Å². The van der Waals surface area contributed by atoms with Crippen molar-refractivity contribution >= 4 is 10.0 Å². The maximum Gasteiger partial charge on any atom is 0.240 e. The summed E-state index contributed by atoms with van der Waals surface area (Å²) in [5, 5.41) is 0. The summed E-state index contributed by atoms with van der Waals surface area (Å²) in [5.41, 5.74) is 0. The summed E-state index contributed by atoms with van der Waals surface area (Å²) in [6.45, 7) is 2.07. The monoisotopic (exact) mass is 259 g/mol. The van der Waals surface area contributed by atoms with Crippen LogP contribution in [0.3, 0.4) is 0 Å². The van der Waals surface area contributed by atoms with Gasteiger partial charge in [0.25, 0.3) is 0 Å². The van der Waals surface area contributed by atoms with E-state index in [4.69, 9.17) is 4.74 Å². The van der Waals surface area contributed by atoms with E-state index in [2.05, 4.69) is 4.72 Å². The number of rotatable bonds is 5. The fourth-order valence-corrected chi connectivity index (χ4v) is 2.73. The van der Waals surface area contributed by atoms with Crippen molar-refractivity contribution in [2.75, 3.05) is 6.61 Å². The zero-order valence-electron chi connectivity index (χ0n) is 9.44. The van der Waals surface area contributed by atoms with Crippen molar-refractivity contribution in [3.63, 3.8) is 0 Å². The van der Waals surface area contributed by atoms with Crippen molar-refractivity contribution in [2.24, 2.45) is 0 Å². The number of sulfonamides is 1. The molecule has 0 aliphatic heterocycles. The standard InChI is InChI=1S/C11H14FNO3S/c1-2-16-11-6-5-9(7-10(11)12)17(14,15)13-8-3-4-8/h5-8,13H,2-4H2,1H3. The molecule has 1 fully saturated rings. The lowest BCUT2D eigenvalue weighted by Gasteiger charge is -2.08. The first kappa shape index (κ1) is 12.3. The molecule has 4 nitrogen and oxygen atoms in total. The first-order valence-electron chi connectivity index (χ1n) is 5.47. The third kappa shape index (κ3) is 2.95. The van der Waals surface area contributed by atoms with Crippen molar-refractivity contribution in [3.05, 3.63) is 24.0 Å². The Hall–Kier alpha value is -1.14. The van der Waals surface area contributed by atoms with Crippen molar-refractivity contribution in [3.8, 4) is 5.75 Å². The quantitative estimate of drug-likeness (QED) is 0.875. The van der Waals surface area contributed by atoms with Gasteiger partial charge in [-0.15, -0.1) is 0 Å². The van der Waals surface area contributed by atoms with E-state index in [1.807, 2.05) is 0 Å². The molecule has 0 heterocycles. The summed E-state index contributed by atoms with van der Waals surface area (Å²) in [7, 11) is -3.60. The summed E-state index contributed by atoms with van der Waals surface area (Å²) in [6, 6.07) is 3.67. The normalized spacial score (nSPS) is 15.9. The third-order valence-electron chi connectivity index (χ3n) is 2.41. The lowest BCUT2D eigenvalue weighted by atomic mass is 10.3. The minimum absolute atomic E-state index is 0.00892. The molecule has 0 saturated heterocycles. The number of hydrogen-bond acceptors (Lipinski definition) is 3. The highest BCUT2D eigenvalue weighted by Crippen LogP contribution is 2.24. The van der Waals surface area contributed by atoms with E-state index >= 15 is 0 Å². The van der Waals surface area contributed by atoms with Crippen LogP contribution in [-0.4, -0.2) is 21.1 Å². The first-order chi connectivity index (χ1) is 8.03. The lowest BCUT2D eigenvalue weighted by Crippen LogP contribution is -2.25. The van der Waals surface area contributed by atoms with Gasteiger partial charge in [0.15, 0.2) is 11.6 Å². The van der Waals surface area contributed by atoms with Gasteiger partial charge in [-0.05, 0) is 38.0 Å². The summed E-state index contributed by atoms with van der Waals surface area (Å²) in [5.74, 6) is -0.594. The van der Waals surface area contributed by atoms with Gasteiger partial charge in [0.1, 0.15) is 0 Å². The summed E-state index contributed by atoms with van der Waals surface area (Å²) >= 11 is 0. The second kappa shape index (κ2) is 4.62. The smallest absolute Gasteiger partial charge is 0.240 e. The van der Waals surface area contributed by atoms with E-state index in [9.17, 15) is 12.8 Å². The van der Waals surface area contributed by atoms with Gasteiger partial charge in [-0.2, -0.15) is 0 Å². The number of hydrogen-bond donors (Lipinski definition) is 1. The second-order valence-corrected chi connectivity index (χ2v) is 5.63. The maximum atomic E-state index is 13.5. The molecule has 0 atom stereocenters. The zero-order chi connectivity index (χ0) is 12.5. The van der Waals surface area contributed by atoms with Gasteiger partial charge >= 0.3 is 0 Å². The van der Waals surface area contributed by atoms with E-state index in [0.717, 1.165) is 18.9 Å². The molecule has 17 heavy (non-hydrogen) atoms. The molecular weight excluding hydrogens is 245 g/mol. The lowest BCUT2D eigenvalue weighted by molar-refractivity contribution is 0.321. The predicted molar refractivity (Wildman–Crippen MR) is 60.9 cm³/mol. The van der Waals surface area contributed by atoms with E-state index in [1.54, 1.807) is 6.92 Å². The fraction of sp³-hybridized carbons (Fsp3) is 0.455. The van der Waals surface area contributed by atoms with Crippen molar-refractivity contribution in [1.82, 2.24) is 4.72 Å². The number of nitrogens with one attached hydrogen (secondary N) is 1. The Morgan fingerprint density at radius 1 is 1.47 bits per heavy atom. The SMILES string of the molecule is CCOc1ccc(S(=O)(=O)NC2CC2)cc1F. The molecule has 0 bridgehead atoms. The highest BCUT2D eigenvalue weighted by atomic mass is 32.2. The summed E-state index contributed by atoms with van der Waals surface area (Å²) < 4.78 is 44.6. The van der Waals surface area contributed by atoms with Crippen LogP contribution in [0.15, 0.2) is 23.1 Å². The molecule has 1 aliphatic carbocycles. The first-order valence-corrected chi connectivity index (χ1v) is 6.96. The molecule has 2 rings (SSSR count).